The Morgan fingerprint density at radius 1 is 1.27 bits per heavy atom. The molecule has 0 spiro atoms. The zero-order chi connectivity index (χ0) is 10.7. The van der Waals surface area contributed by atoms with Crippen LogP contribution in [0.5, 0.6) is 0 Å². The van der Waals surface area contributed by atoms with Crippen LogP contribution in [0.2, 0.25) is 0 Å². The second kappa shape index (κ2) is 3.98. The molecule has 0 saturated heterocycles. The van der Waals surface area contributed by atoms with E-state index in [1.807, 2.05) is 30.3 Å². The van der Waals surface area contributed by atoms with Gasteiger partial charge in [0.15, 0.2) is 9.84 Å². The molecular weight excluding hydrogens is 210 g/mol. The van der Waals surface area contributed by atoms with Gasteiger partial charge in [-0.05, 0) is 11.6 Å². The summed E-state index contributed by atoms with van der Waals surface area (Å²) in [5.74, 6) is 0.0936. The highest BCUT2D eigenvalue weighted by Gasteiger charge is 2.19. The molecule has 1 aromatic carbocycles. The molecule has 1 aliphatic rings. The van der Waals surface area contributed by atoms with E-state index in [4.69, 9.17) is 0 Å². The summed E-state index contributed by atoms with van der Waals surface area (Å²) in [6.45, 7) is 0. The standard InChI is InChI=1S/C11H11NO2S/c13-15(14)7-6-11(9-15)12-8-10-4-2-1-3-5-10/h1-8,11H,9H2. The van der Waals surface area contributed by atoms with Crippen LogP contribution in [0.15, 0.2) is 46.8 Å². The molecule has 78 valence electrons. The third kappa shape index (κ3) is 2.76. The minimum Gasteiger partial charge on any atom is -0.284 e. The van der Waals surface area contributed by atoms with E-state index in [1.165, 1.54) is 5.41 Å². The highest BCUT2D eigenvalue weighted by molar-refractivity contribution is 7.94. The summed E-state index contributed by atoms with van der Waals surface area (Å²) in [4.78, 5) is 4.20. The van der Waals surface area contributed by atoms with Crippen LogP contribution >= 0.6 is 0 Å². The molecule has 4 heteroatoms. The first-order valence-corrected chi connectivity index (χ1v) is 6.36. The second-order valence-electron chi connectivity index (χ2n) is 3.41. The molecule has 2 rings (SSSR count). The number of sulfone groups is 1. The molecular formula is C11H11NO2S. The molecule has 1 atom stereocenters. The minimum absolute atomic E-state index is 0.0936. The molecule has 0 aromatic heterocycles. The second-order valence-corrected chi connectivity index (χ2v) is 5.35. The number of aliphatic imine (C=N–C) groups is 1. The number of hydrogen-bond acceptors (Lipinski definition) is 3. The summed E-state index contributed by atoms with van der Waals surface area (Å²) >= 11 is 0. The van der Waals surface area contributed by atoms with Gasteiger partial charge in [-0.1, -0.05) is 30.3 Å². The van der Waals surface area contributed by atoms with Crippen LogP contribution in [0.3, 0.4) is 0 Å². The van der Waals surface area contributed by atoms with Gasteiger partial charge in [-0.2, -0.15) is 0 Å². The first-order valence-electron chi connectivity index (χ1n) is 4.65. The van der Waals surface area contributed by atoms with Crippen molar-refractivity contribution in [1.29, 1.82) is 0 Å². The van der Waals surface area contributed by atoms with E-state index in [-0.39, 0.29) is 11.8 Å². The molecule has 0 fully saturated rings. The van der Waals surface area contributed by atoms with Crippen LogP contribution in [0.1, 0.15) is 5.56 Å². The van der Waals surface area contributed by atoms with Crippen molar-refractivity contribution in [2.75, 3.05) is 5.75 Å². The number of rotatable bonds is 2. The molecule has 3 nitrogen and oxygen atoms in total. The highest BCUT2D eigenvalue weighted by atomic mass is 32.2. The first kappa shape index (κ1) is 10.1. The summed E-state index contributed by atoms with van der Waals surface area (Å²) in [6, 6.07) is 9.39. The summed E-state index contributed by atoms with van der Waals surface area (Å²) in [5, 5.41) is 1.24. The van der Waals surface area contributed by atoms with Crippen molar-refractivity contribution in [3.05, 3.63) is 47.4 Å². The summed E-state index contributed by atoms with van der Waals surface area (Å²) in [5.41, 5.74) is 0.982. The van der Waals surface area contributed by atoms with Crippen molar-refractivity contribution >= 4 is 16.1 Å². The topological polar surface area (TPSA) is 46.5 Å². The lowest BCUT2D eigenvalue weighted by atomic mass is 10.2. The lowest BCUT2D eigenvalue weighted by Crippen LogP contribution is -2.08. The molecule has 0 N–H and O–H groups in total. The average molecular weight is 221 g/mol. The summed E-state index contributed by atoms with van der Waals surface area (Å²) < 4.78 is 22.2. The monoisotopic (exact) mass is 221 g/mol. The highest BCUT2D eigenvalue weighted by Crippen LogP contribution is 2.11. The molecule has 1 aromatic rings. The summed E-state index contributed by atoms with van der Waals surface area (Å²) in [7, 11) is -2.99. The van der Waals surface area contributed by atoms with E-state index in [1.54, 1.807) is 12.3 Å². The molecule has 0 amide bonds. The molecule has 0 bridgehead atoms. The van der Waals surface area contributed by atoms with Crippen molar-refractivity contribution in [2.45, 2.75) is 6.04 Å². The van der Waals surface area contributed by atoms with E-state index >= 15 is 0 Å². The lowest BCUT2D eigenvalue weighted by Gasteiger charge is -1.98. The third-order valence-electron chi connectivity index (χ3n) is 2.13. The first-order chi connectivity index (χ1) is 7.16. The van der Waals surface area contributed by atoms with Crippen LogP contribution in [-0.4, -0.2) is 26.4 Å². The predicted octanol–water partition coefficient (Wildman–Crippen LogP) is 1.42. The van der Waals surface area contributed by atoms with Gasteiger partial charge in [-0.25, -0.2) is 8.42 Å². The van der Waals surface area contributed by atoms with Crippen LogP contribution in [-0.2, 0) is 9.84 Å². The Hall–Kier alpha value is -1.42. The fraction of sp³-hybridized carbons (Fsp3) is 0.182. The largest absolute Gasteiger partial charge is 0.284 e. The van der Waals surface area contributed by atoms with Crippen molar-refractivity contribution < 1.29 is 8.42 Å². The molecule has 1 heterocycles. The van der Waals surface area contributed by atoms with Crippen LogP contribution in [0.25, 0.3) is 0 Å². The molecule has 0 aliphatic carbocycles. The van der Waals surface area contributed by atoms with Gasteiger partial charge in [0.05, 0.1) is 11.8 Å². The predicted molar refractivity (Wildman–Crippen MR) is 60.8 cm³/mol. The average Bonchev–Trinajstić information content (AvgIpc) is 2.57. The van der Waals surface area contributed by atoms with E-state index in [9.17, 15) is 8.42 Å². The normalized spacial score (nSPS) is 23.6. The van der Waals surface area contributed by atoms with Gasteiger partial charge in [-0.3, -0.25) is 4.99 Å². The number of nitrogens with zero attached hydrogens (tertiary/aromatic N) is 1. The molecule has 0 radical (unpaired) electrons. The molecule has 15 heavy (non-hydrogen) atoms. The zero-order valence-electron chi connectivity index (χ0n) is 8.08. The maximum atomic E-state index is 11.1. The van der Waals surface area contributed by atoms with Gasteiger partial charge < -0.3 is 0 Å². The van der Waals surface area contributed by atoms with E-state index < -0.39 is 9.84 Å². The van der Waals surface area contributed by atoms with Crippen LogP contribution < -0.4 is 0 Å². The fourth-order valence-electron chi connectivity index (χ4n) is 1.37. The fourth-order valence-corrected chi connectivity index (χ4v) is 2.58. The van der Waals surface area contributed by atoms with Crippen molar-refractivity contribution in [3.8, 4) is 0 Å². The minimum atomic E-state index is -2.99. The smallest absolute Gasteiger partial charge is 0.173 e. The third-order valence-corrected chi connectivity index (χ3v) is 3.50. The van der Waals surface area contributed by atoms with Gasteiger partial charge in [0.25, 0.3) is 0 Å². The van der Waals surface area contributed by atoms with Crippen LogP contribution in [0.4, 0.5) is 0 Å². The Labute approximate surface area is 89.1 Å². The number of hydrogen-bond donors (Lipinski definition) is 0. The SMILES string of the molecule is O=S1(=O)C=CC(N=Cc2ccccc2)C1. The Balaban J connectivity index is 2.06. The maximum Gasteiger partial charge on any atom is 0.173 e. The van der Waals surface area contributed by atoms with Crippen molar-refractivity contribution in [1.82, 2.24) is 0 Å². The quantitative estimate of drug-likeness (QED) is 0.709. The summed E-state index contributed by atoms with van der Waals surface area (Å²) in [6.07, 6.45) is 3.32. The van der Waals surface area contributed by atoms with Gasteiger partial charge in [0.1, 0.15) is 0 Å². The van der Waals surface area contributed by atoms with Crippen molar-refractivity contribution in [3.63, 3.8) is 0 Å². The Morgan fingerprint density at radius 3 is 2.60 bits per heavy atom. The Bertz CT molecular complexity index is 489. The van der Waals surface area contributed by atoms with Gasteiger partial charge >= 0.3 is 0 Å². The van der Waals surface area contributed by atoms with Crippen molar-refractivity contribution in [2.24, 2.45) is 4.99 Å². The molecule has 1 aliphatic heterocycles. The maximum absolute atomic E-state index is 11.1. The Kier molecular flexibility index (Phi) is 2.68. The van der Waals surface area contributed by atoms with Gasteiger partial charge in [0.2, 0.25) is 0 Å². The van der Waals surface area contributed by atoms with E-state index in [2.05, 4.69) is 4.99 Å². The molecule has 0 saturated carbocycles. The Morgan fingerprint density at radius 2 is 2.00 bits per heavy atom. The lowest BCUT2D eigenvalue weighted by molar-refractivity contribution is 0.604. The van der Waals surface area contributed by atoms with Gasteiger partial charge in [-0.15, -0.1) is 0 Å². The number of benzene rings is 1. The van der Waals surface area contributed by atoms with E-state index in [0.717, 1.165) is 5.56 Å². The van der Waals surface area contributed by atoms with Gasteiger partial charge in [0, 0.05) is 11.6 Å². The molecule has 1 unspecified atom stereocenters. The van der Waals surface area contributed by atoms with Crippen LogP contribution in [0, 0.1) is 0 Å². The zero-order valence-corrected chi connectivity index (χ0v) is 8.89. The van der Waals surface area contributed by atoms with E-state index in [0.29, 0.717) is 0 Å².